The number of hydrogen-bond donors (Lipinski definition) is 1. The molecule has 1 N–H and O–H groups in total. The topological polar surface area (TPSA) is 72.3 Å². The van der Waals surface area contributed by atoms with E-state index in [0.29, 0.717) is 18.8 Å². The van der Waals surface area contributed by atoms with E-state index in [1.165, 1.54) is 5.56 Å². The van der Waals surface area contributed by atoms with Gasteiger partial charge in [-0.05, 0) is 31.4 Å². The van der Waals surface area contributed by atoms with E-state index in [2.05, 4.69) is 32.7 Å². The molecule has 3 rings (SSSR count). The molecule has 7 nitrogen and oxygen atoms in total. The third-order valence-electron chi connectivity index (χ3n) is 4.78. The summed E-state index contributed by atoms with van der Waals surface area (Å²) in [7, 11) is 0. The molecule has 0 unspecified atom stereocenters. The zero-order chi connectivity index (χ0) is 18.7. The summed E-state index contributed by atoms with van der Waals surface area (Å²) in [6.07, 6.45) is 5.84. The predicted octanol–water partition coefficient (Wildman–Crippen LogP) is 1.75. The number of aromatic nitrogens is 3. The maximum absolute atomic E-state index is 12.2. The Labute approximate surface area is 160 Å². The van der Waals surface area contributed by atoms with Crippen molar-refractivity contribution in [3.63, 3.8) is 0 Å². The SMILES string of the molecule is O=C(NCCCCCN1CCOCC1)c1cn(CCc2ccccc2)nn1. The van der Waals surface area contributed by atoms with Gasteiger partial charge in [-0.2, -0.15) is 0 Å². The fraction of sp³-hybridized carbons (Fsp3) is 0.550. The van der Waals surface area contributed by atoms with E-state index in [1.54, 1.807) is 10.9 Å². The maximum Gasteiger partial charge on any atom is 0.273 e. The summed E-state index contributed by atoms with van der Waals surface area (Å²) in [6, 6.07) is 10.2. The molecular formula is C20H29N5O2. The fourth-order valence-corrected chi connectivity index (χ4v) is 3.15. The summed E-state index contributed by atoms with van der Waals surface area (Å²) >= 11 is 0. The maximum atomic E-state index is 12.2. The largest absolute Gasteiger partial charge is 0.379 e. The smallest absolute Gasteiger partial charge is 0.273 e. The van der Waals surface area contributed by atoms with Crippen molar-refractivity contribution < 1.29 is 9.53 Å². The Morgan fingerprint density at radius 3 is 2.70 bits per heavy atom. The van der Waals surface area contributed by atoms with Crippen molar-refractivity contribution in [2.45, 2.75) is 32.2 Å². The van der Waals surface area contributed by atoms with Crippen LogP contribution in [0.1, 0.15) is 35.3 Å². The first-order valence-electron chi connectivity index (χ1n) is 9.83. The number of amides is 1. The Balaban J connectivity index is 1.28. The van der Waals surface area contributed by atoms with Gasteiger partial charge in [0.1, 0.15) is 0 Å². The zero-order valence-corrected chi connectivity index (χ0v) is 15.8. The van der Waals surface area contributed by atoms with E-state index in [9.17, 15) is 4.79 Å². The van der Waals surface area contributed by atoms with E-state index in [4.69, 9.17) is 4.74 Å². The Morgan fingerprint density at radius 2 is 1.89 bits per heavy atom. The monoisotopic (exact) mass is 371 g/mol. The molecule has 1 aliphatic heterocycles. The van der Waals surface area contributed by atoms with Crippen molar-refractivity contribution in [2.24, 2.45) is 0 Å². The van der Waals surface area contributed by atoms with Crippen molar-refractivity contribution in [2.75, 3.05) is 39.4 Å². The van der Waals surface area contributed by atoms with Crippen LogP contribution in [0.2, 0.25) is 0 Å². The lowest BCUT2D eigenvalue weighted by Crippen LogP contribution is -2.36. The molecule has 0 spiro atoms. The van der Waals surface area contributed by atoms with Crippen LogP contribution in [0.25, 0.3) is 0 Å². The molecule has 0 saturated carbocycles. The predicted molar refractivity (Wildman–Crippen MR) is 104 cm³/mol. The minimum absolute atomic E-state index is 0.144. The fourth-order valence-electron chi connectivity index (χ4n) is 3.15. The third-order valence-corrected chi connectivity index (χ3v) is 4.78. The second kappa shape index (κ2) is 10.8. The highest BCUT2D eigenvalue weighted by atomic mass is 16.5. The van der Waals surface area contributed by atoms with Crippen LogP contribution in [0.4, 0.5) is 0 Å². The average molecular weight is 371 g/mol. The minimum Gasteiger partial charge on any atom is -0.379 e. The highest BCUT2D eigenvalue weighted by Gasteiger charge is 2.11. The minimum atomic E-state index is -0.144. The second-order valence-corrected chi connectivity index (χ2v) is 6.87. The molecule has 1 saturated heterocycles. The Bertz CT molecular complexity index is 683. The molecule has 1 aromatic carbocycles. The van der Waals surface area contributed by atoms with Gasteiger partial charge in [-0.15, -0.1) is 5.10 Å². The summed E-state index contributed by atoms with van der Waals surface area (Å²) in [5.41, 5.74) is 1.63. The number of nitrogens with zero attached hydrogens (tertiary/aromatic N) is 4. The third kappa shape index (κ3) is 6.77. The first-order valence-corrected chi connectivity index (χ1v) is 9.83. The molecule has 0 radical (unpaired) electrons. The molecule has 2 aromatic rings. The van der Waals surface area contributed by atoms with Gasteiger partial charge in [-0.1, -0.05) is 42.0 Å². The van der Waals surface area contributed by atoms with E-state index in [0.717, 1.165) is 58.5 Å². The molecule has 146 valence electrons. The molecule has 0 bridgehead atoms. The number of nitrogens with one attached hydrogen (secondary N) is 1. The summed E-state index contributed by atoms with van der Waals surface area (Å²) < 4.78 is 7.08. The average Bonchev–Trinajstić information content (AvgIpc) is 3.20. The van der Waals surface area contributed by atoms with Crippen molar-refractivity contribution in [1.82, 2.24) is 25.2 Å². The lowest BCUT2D eigenvalue weighted by atomic mass is 10.1. The van der Waals surface area contributed by atoms with Gasteiger partial charge in [0, 0.05) is 26.2 Å². The molecule has 1 aromatic heterocycles. The summed E-state index contributed by atoms with van der Waals surface area (Å²) in [5, 5.41) is 11.0. The van der Waals surface area contributed by atoms with Gasteiger partial charge in [-0.3, -0.25) is 14.4 Å². The van der Waals surface area contributed by atoms with Crippen molar-refractivity contribution in [3.8, 4) is 0 Å². The van der Waals surface area contributed by atoms with Crippen molar-refractivity contribution >= 4 is 5.91 Å². The van der Waals surface area contributed by atoms with Gasteiger partial charge < -0.3 is 10.1 Å². The van der Waals surface area contributed by atoms with Crippen LogP contribution in [0, 0.1) is 0 Å². The standard InChI is InChI=1S/C20H29N5O2/c26-20(21-10-5-2-6-11-24-13-15-27-16-14-24)19-17-25(23-22-19)12-9-18-7-3-1-4-8-18/h1,3-4,7-8,17H,2,5-6,9-16H2,(H,21,26). The Kier molecular flexibility index (Phi) is 7.80. The number of hydrogen-bond acceptors (Lipinski definition) is 5. The quantitative estimate of drug-likeness (QED) is 0.644. The highest BCUT2D eigenvalue weighted by Crippen LogP contribution is 2.03. The number of morpholine rings is 1. The molecule has 0 aliphatic carbocycles. The van der Waals surface area contributed by atoms with Gasteiger partial charge in [0.25, 0.3) is 5.91 Å². The lowest BCUT2D eigenvalue weighted by Gasteiger charge is -2.26. The van der Waals surface area contributed by atoms with Gasteiger partial charge in [-0.25, -0.2) is 0 Å². The van der Waals surface area contributed by atoms with Gasteiger partial charge in [0.15, 0.2) is 5.69 Å². The number of ether oxygens (including phenoxy) is 1. The van der Waals surface area contributed by atoms with Crippen molar-refractivity contribution in [3.05, 3.63) is 47.8 Å². The number of unbranched alkanes of at least 4 members (excludes halogenated alkanes) is 2. The van der Waals surface area contributed by atoms with Crippen LogP contribution in [-0.4, -0.2) is 65.2 Å². The van der Waals surface area contributed by atoms with E-state index in [1.807, 2.05) is 18.2 Å². The van der Waals surface area contributed by atoms with Crippen LogP contribution in [0.15, 0.2) is 36.5 Å². The van der Waals surface area contributed by atoms with Crippen LogP contribution in [0.3, 0.4) is 0 Å². The van der Waals surface area contributed by atoms with Crippen LogP contribution >= 0.6 is 0 Å². The number of aryl methyl sites for hydroxylation is 2. The molecule has 7 heteroatoms. The number of carbonyl (C=O) groups excluding carboxylic acids is 1. The van der Waals surface area contributed by atoms with Crippen LogP contribution < -0.4 is 5.32 Å². The van der Waals surface area contributed by atoms with E-state index in [-0.39, 0.29) is 5.91 Å². The van der Waals surface area contributed by atoms with Gasteiger partial charge in [0.05, 0.1) is 19.4 Å². The molecule has 27 heavy (non-hydrogen) atoms. The van der Waals surface area contributed by atoms with Crippen molar-refractivity contribution in [1.29, 1.82) is 0 Å². The molecular weight excluding hydrogens is 342 g/mol. The Hall–Kier alpha value is -2.25. The van der Waals surface area contributed by atoms with Gasteiger partial charge in [0.2, 0.25) is 0 Å². The summed E-state index contributed by atoms with van der Waals surface area (Å²) in [5.74, 6) is -0.144. The summed E-state index contributed by atoms with van der Waals surface area (Å²) in [4.78, 5) is 14.6. The van der Waals surface area contributed by atoms with E-state index >= 15 is 0 Å². The van der Waals surface area contributed by atoms with Crippen LogP contribution in [0.5, 0.6) is 0 Å². The number of benzene rings is 1. The Morgan fingerprint density at radius 1 is 1.07 bits per heavy atom. The lowest BCUT2D eigenvalue weighted by molar-refractivity contribution is 0.0371. The first kappa shape index (κ1) is 19.5. The molecule has 2 heterocycles. The normalized spacial score (nSPS) is 15.0. The first-order chi connectivity index (χ1) is 13.3. The zero-order valence-electron chi connectivity index (χ0n) is 15.8. The highest BCUT2D eigenvalue weighted by molar-refractivity contribution is 5.91. The second-order valence-electron chi connectivity index (χ2n) is 6.87. The molecule has 0 atom stereocenters. The molecule has 1 fully saturated rings. The number of carbonyl (C=O) groups is 1. The molecule has 1 aliphatic rings. The van der Waals surface area contributed by atoms with E-state index < -0.39 is 0 Å². The summed E-state index contributed by atoms with van der Waals surface area (Å²) in [6.45, 7) is 6.29. The van der Waals surface area contributed by atoms with Gasteiger partial charge >= 0.3 is 0 Å². The molecule has 1 amide bonds. The number of rotatable bonds is 10. The van der Waals surface area contributed by atoms with Crippen LogP contribution in [-0.2, 0) is 17.7 Å².